The number of carbonyl (C=O) groups is 2. The number of hydrogen-bond acceptors (Lipinski definition) is 8. The van der Waals surface area contributed by atoms with Crippen LogP contribution >= 0.6 is 0 Å². The first-order valence-corrected chi connectivity index (χ1v) is 9.32. The van der Waals surface area contributed by atoms with Crippen molar-refractivity contribution in [2.75, 3.05) is 0 Å². The maximum absolute atomic E-state index is 11.7. The number of aromatic nitrogens is 8. The molecule has 0 saturated heterocycles. The molecule has 4 aromatic rings. The largest absolute Gasteiger partial charge is 0.473 e. The molecule has 0 radical (unpaired) electrons. The molecule has 0 unspecified atom stereocenters. The van der Waals surface area contributed by atoms with Crippen LogP contribution in [-0.4, -0.2) is 59.5 Å². The number of carboxylic acids is 2. The molecule has 182 valence electrons. The number of carboxylic acid groups (broad SMARTS) is 2. The molecule has 0 aromatic carbocycles. The molecule has 4 heterocycles. The molecule has 0 saturated carbocycles. The molecule has 4 rings (SSSR count). The molecule has 0 aliphatic rings. The zero-order valence-electron chi connectivity index (χ0n) is 19.1. The molecule has 16 heteroatoms. The van der Waals surface area contributed by atoms with Gasteiger partial charge in [0, 0.05) is 42.3 Å². The average Bonchev–Trinajstić information content (AvgIpc) is 3.37. The summed E-state index contributed by atoms with van der Waals surface area (Å²) in [6.07, 6.45) is 3.04. The molecule has 34 heavy (non-hydrogen) atoms. The molecule has 4 aromatic heterocycles. The van der Waals surface area contributed by atoms with Crippen LogP contribution in [0, 0.1) is 0 Å². The summed E-state index contributed by atoms with van der Waals surface area (Å²) >= 11 is 0. The van der Waals surface area contributed by atoms with E-state index in [0.29, 0.717) is 22.3 Å². The molecule has 0 fully saturated rings. The third-order valence-corrected chi connectivity index (χ3v) is 4.82. The number of rotatable bonds is 0. The van der Waals surface area contributed by atoms with E-state index in [0.717, 1.165) is 9.13 Å². The first-order chi connectivity index (χ1) is 15.7. The molecule has 0 amide bonds. The first-order valence-electron chi connectivity index (χ1n) is 9.32. The quantitative estimate of drug-likeness (QED) is 0.247. The first kappa shape index (κ1) is 25.5. The number of fused-ring (bicyclic) bond motifs is 2. The fourth-order valence-electron chi connectivity index (χ4n) is 2.94. The van der Waals surface area contributed by atoms with E-state index in [9.17, 15) is 19.2 Å². The van der Waals surface area contributed by atoms with Crippen LogP contribution in [0.3, 0.4) is 0 Å². The Morgan fingerprint density at radius 1 is 0.618 bits per heavy atom. The van der Waals surface area contributed by atoms with Crippen LogP contribution in [0.15, 0.2) is 31.8 Å². The van der Waals surface area contributed by atoms with E-state index in [1.54, 1.807) is 37.3 Å². The van der Waals surface area contributed by atoms with Gasteiger partial charge in [-0.3, -0.25) is 27.9 Å². The second-order valence-corrected chi connectivity index (χ2v) is 7.08. The maximum Gasteiger partial charge on any atom is 0.414 e. The number of nitrogens with zero attached hydrogens (tertiary/aromatic N) is 8. The minimum Gasteiger partial charge on any atom is -0.473 e. The summed E-state index contributed by atoms with van der Waals surface area (Å²) in [7, 11) is 9.55. The van der Waals surface area contributed by atoms with E-state index < -0.39 is 11.9 Å². The van der Waals surface area contributed by atoms with Gasteiger partial charge in [-0.1, -0.05) is 0 Å². The van der Waals surface area contributed by atoms with Gasteiger partial charge in [0.1, 0.15) is 0 Å². The van der Waals surface area contributed by atoms with Gasteiger partial charge in [0.25, 0.3) is 11.1 Å². The normalized spacial score (nSPS) is 10.4. The van der Waals surface area contributed by atoms with Crippen LogP contribution < -0.4 is 22.5 Å². The third-order valence-electron chi connectivity index (χ3n) is 4.82. The molecular weight excluding hydrogens is 456 g/mol. The molecule has 0 aliphatic heterocycles. The van der Waals surface area contributed by atoms with Crippen LogP contribution in [0.1, 0.15) is 0 Å². The van der Waals surface area contributed by atoms with Gasteiger partial charge in [0.15, 0.2) is 22.3 Å². The van der Waals surface area contributed by atoms with Crippen molar-refractivity contribution in [2.24, 2.45) is 42.3 Å². The van der Waals surface area contributed by atoms with Crippen molar-refractivity contribution in [3.63, 3.8) is 0 Å². The minimum absolute atomic E-state index is 0.317. The SMILES string of the molecule is Cn1c(=O)c2c(ncn2C)n(C)c1=O.Cn1c(=O)c2c(ncn2C)n(C)c1=O.O=C(O)C(=O)O. The van der Waals surface area contributed by atoms with Crippen LogP contribution in [0.5, 0.6) is 0 Å². The summed E-state index contributed by atoms with van der Waals surface area (Å²) in [6, 6.07) is 0. The molecule has 0 aliphatic carbocycles. The summed E-state index contributed by atoms with van der Waals surface area (Å²) in [5, 5.41) is 14.8. The van der Waals surface area contributed by atoms with E-state index in [1.807, 2.05) is 0 Å². The van der Waals surface area contributed by atoms with Gasteiger partial charge in [-0.05, 0) is 0 Å². The lowest BCUT2D eigenvalue weighted by molar-refractivity contribution is -0.159. The Hall–Kier alpha value is -4.76. The summed E-state index contributed by atoms with van der Waals surface area (Å²) in [6.45, 7) is 0. The van der Waals surface area contributed by atoms with Crippen molar-refractivity contribution >= 4 is 34.3 Å². The maximum atomic E-state index is 11.7. The zero-order valence-corrected chi connectivity index (χ0v) is 19.1. The summed E-state index contributed by atoms with van der Waals surface area (Å²) in [4.78, 5) is 72.5. The van der Waals surface area contributed by atoms with Crippen LogP contribution in [-0.2, 0) is 51.9 Å². The number of hydrogen-bond donors (Lipinski definition) is 2. The Labute approximate surface area is 188 Å². The van der Waals surface area contributed by atoms with Crippen molar-refractivity contribution in [3.05, 3.63) is 54.3 Å². The zero-order chi connectivity index (χ0) is 26.1. The highest BCUT2D eigenvalue weighted by Crippen LogP contribution is 2.02. The molecule has 0 atom stereocenters. The van der Waals surface area contributed by atoms with Gasteiger partial charge >= 0.3 is 23.3 Å². The standard InChI is InChI=1S/2C8H10N4O2.C2H2O4/c2*1-10-4-9-6-5(10)7(13)12(3)8(14)11(6)2;3-1(4)2(5)6/h2*4H,1-3H3;(H,3,4)(H,5,6). The predicted octanol–water partition coefficient (Wildman–Crippen LogP) is -2.90. The van der Waals surface area contributed by atoms with Crippen molar-refractivity contribution in [1.29, 1.82) is 0 Å². The lowest BCUT2D eigenvalue weighted by Crippen LogP contribution is -2.37. The Morgan fingerprint density at radius 3 is 1.18 bits per heavy atom. The summed E-state index contributed by atoms with van der Waals surface area (Å²) < 4.78 is 8.08. The number of aliphatic carboxylic acids is 2. The van der Waals surface area contributed by atoms with Crippen LogP contribution in [0.2, 0.25) is 0 Å². The lowest BCUT2D eigenvalue weighted by Gasteiger charge is -2.02. The summed E-state index contributed by atoms with van der Waals surface area (Å²) in [5.74, 6) is -3.65. The average molecular weight is 478 g/mol. The molecular formula is C18H22N8O8. The number of aryl methyl sites for hydroxylation is 4. The lowest BCUT2D eigenvalue weighted by atomic mass is 10.5. The summed E-state index contributed by atoms with van der Waals surface area (Å²) in [5.41, 5.74) is 0.360. The fraction of sp³-hybridized carbons (Fsp3) is 0.333. The van der Waals surface area contributed by atoms with Gasteiger partial charge in [-0.2, -0.15) is 0 Å². The van der Waals surface area contributed by atoms with E-state index >= 15 is 0 Å². The Bertz CT molecular complexity index is 1540. The van der Waals surface area contributed by atoms with E-state index in [-0.39, 0.29) is 22.5 Å². The monoisotopic (exact) mass is 478 g/mol. The van der Waals surface area contributed by atoms with Gasteiger partial charge in [0.05, 0.1) is 12.7 Å². The van der Waals surface area contributed by atoms with Gasteiger partial charge < -0.3 is 19.3 Å². The van der Waals surface area contributed by atoms with E-state index in [1.165, 1.54) is 35.9 Å². The number of imidazole rings is 2. The van der Waals surface area contributed by atoms with Crippen molar-refractivity contribution in [1.82, 2.24) is 37.4 Å². The second-order valence-electron chi connectivity index (χ2n) is 7.08. The van der Waals surface area contributed by atoms with Crippen LogP contribution in [0.25, 0.3) is 22.3 Å². The minimum atomic E-state index is -1.82. The van der Waals surface area contributed by atoms with Gasteiger partial charge in [-0.25, -0.2) is 29.1 Å². The topological polar surface area (TPSA) is 198 Å². The van der Waals surface area contributed by atoms with Crippen LogP contribution in [0.4, 0.5) is 0 Å². The molecule has 2 N–H and O–H groups in total. The molecule has 0 spiro atoms. The fourth-order valence-corrected chi connectivity index (χ4v) is 2.94. The van der Waals surface area contributed by atoms with Gasteiger partial charge in [0.2, 0.25) is 0 Å². The van der Waals surface area contributed by atoms with Gasteiger partial charge in [-0.15, -0.1) is 0 Å². The van der Waals surface area contributed by atoms with Crippen molar-refractivity contribution in [2.45, 2.75) is 0 Å². The van der Waals surface area contributed by atoms with E-state index in [2.05, 4.69) is 9.97 Å². The Kier molecular flexibility index (Phi) is 7.04. The highest BCUT2D eigenvalue weighted by Gasteiger charge is 2.12. The Morgan fingerprint density at radius 2 is 0.912 bits per heavy atom. The molecule has 16 nitrogen and oxygen atoms in total. The smallest absolute Gasteiger partial charge is 0.414 e. The predicted molar refractivity (Wildman–Crippen MR) is 118 cm³/mol. The molecule has 0 bridgehead atoms. The third kappa shape index (κ3) is 4.41. The second kappa shape index (κ2) is 9.39. The van der Waals surface area contributed by atoms with Crippen molar-refractivity contribution in [3.8, 4) is 0 Å². The highest BCUT2D eigenvalue weighted by molar-refractivity contribution is 6.27. The van der Waals surface area contributed by atoms with Crippen molar-refractivity contribution < 1.29 is 19.8 Å². The Balaban J connectivity index is 0.000000196. The van der Waals surface area contributed by atoms with E-state index in [4.69, 9.17) is 19.8 Å². The highest BCUT2D eigenvalue weighted by atomic mass is 16.4.